The van der Waals surface area contributed by atoms with Gasteiger partial charge in [-0.2, -0.15) is 0 Å². The molecule has 1 N–H and O–H groups in total. The van der Waals surface area contributed by atoms with Crippen molar-refractivity contribution in [1.82, 2.24) is 4.90 Å². The molecule has 0 bridgehead atoms. The van der Waals surface area contributed by atoms with Crippen molar-refractivity contribution in [2.24, 2.45) is 0 Å². The van der Waals surface area contributed by atoms with Gasteiger partial charge in [0.2, 0.25) is 11.7 Å². The Bertz CT molecular complexity index is 1550. The molecule has 0 atom stereocenters. The minimum atomic E-state index is -0.488. The normalized spacial score (nSPS) is 12.5. The fourth-order valence-electron chi connectivity index (χ4n) is 4.49. The Hall–Kier alpha value is -4.92. The van der Waals surface area contributed by atoms with Crippen LogP contribution in [0.2, 0.25) is 0 Å². The molecule has 9 nitrogen and oxygen atoms in total. The quantitative estimate of drug-likeness (QED) is 0.255. The Balaban J connectivity index is 1.35. The number of methoxy groups -OCH3 is 2. The van der Waals surface area contributed by atoms with E-state index in [1.165, 1.54) is 14.2 Å². The molecule has 0 fully saturated rings. The zero-order valence-corrected chi connectivity index (χ0v) is 20.8. The number of carbonyl (C=O) groups is 4. The van der Waals surface area contributed by atoms with Crippen molar-refractivity contribution in [2.75, 3.05) is 26.1 Å². The topological polar surface area (TPSA) is 115 Å². The van der Waals surface area contributed by atoms with Crippen LogP contribution in [0.4, 0.5) is 5.69 Å². The zero-order valence-electron chi connectivity index (χ0n) is 20.8. The molecule has 3 aromatic carbocycles. The fourth-order valence-corrected chi connectivity index (χ4v) is 4.49. The lowest BCUT2D eigenvalue weighted by molar-refractivity contribution is -0.116. The first kappa shape index (κ1) is 24.8. The van der Waals surface area contributed by atoms with Gasteiger partial charge in [0.25, 0.3) is 11.8 Å². The smallest absolute Gasteiger partial charge is 0.261 e. The van der Waals surface area contributed by atoms with Crippen LogP contribution in [-0.2, 0) is 4.79 Å². The van der Waals surface area contributed by atoms with E-state index in [0.717, 1.165) is 4.90 Å². The number of para-hydroxylation sites is 1. The Morgan fingerprint density at radius 1 is 0.895 bits per heavy atom. The lowest BCUT2D eigenvalue weighted by Gasteiger charge is -2.13. The van der Waals surface area contributed by atoms with Gasteiger partial charge in [0.1, 0.15) is 17.1 Å². The maximum absolute atomic E-state index is 13.6. The van der Waals surface area contributed by atoms with E-state index in [4.69, 9.17) is 13.9 Å². The van der Waals surface area contributed by atoms with E-state index in [1.807, 2.05) is 0 Å². The molecule has 2 heterocycles. The van der Waals surface area contributed by atoms with Crippen LogP contribution in [0.1, 0.15) is 49.7 Å². The highest BCUT2D eigenvalue weighted by Gasteiger charge is 2.34. The lowest BCUT2D eigenvalue weighted by Crippen LogP contribution is -2.31. The van der Waals surface area contributed by atoms with Gasteiger partial charge in [-0.05, 0) is 48.9 Å². The average molecular weight is 513 g/mol. The Morgan fingerprint density at radius 3 is 2.26 bits per heavy atom. The number of nitrogens with one attached hydrogen (secondary N) is 1. The van der Waals surface area contributed by atoms with E-state index in [-0.39, 0.29) is 54.1 Å². The molecule has 1 aromatic heterocycles. The highest BCUT2D eigenvalue weighted by atomic mass is 16.5. The summed E-state index contributed by atoms with van der Waals surface area (Å²) in [4.78, 5) is 52.8. The van der Waals surface area contributed by atoms with Crippen LogP contribution in [-0.4, -0.2) is 49.2 Å². The number of fused-ring (bicyclic) bond motifs is 2. The molecule has 0 aliphatic carbocycles. The second-order valence-corrected chi connectivity index (χ2v) is 8.66. The molecule has 0 saturated carbocycles. The molecule has 3 amide bonds. The Labute approximate surface area is 217 Å². The van der Waals surface area contributed by atoms with Crippen molar-refractivity contribution in [2.45, 2.75) is 12.8 Å². The van der Waals surface area contributed by atoms with Gasteiger partial charge in [0.05, 0.1) is 36.6 Å². The van der Waals surface area contributed by atoms with E-state index in [1.54, 1.807) is 66.7 Å². The largest absolute Gasteiger partial charge is 0.497 e. The molecule has 4 aromatic rings. The van der Waals surface area contributed by atoms with Gasteiger partial charge >= 0.3 is 0 Å². The van der Waals surface area contributed by atoms with Gasteiger partial charge in [0.15, 0.2) is 5.76 Å². The lowest BCUT2D eigenvalue weighted by atomic mass is 10.1. The van der Waals surface area contributed by atoms with Crippen LogP contribution in [0.5, 0.6) is 11.5 Å². The van der Waals surface area contributed by atoms with E-state index < -0.39 is 5.78 Å². The van der Waals surface area contributed by atoms with E-state index in [9.17, 15) is 19.2 Å². The third kappa shape index (κ3) is 4.39. The van der Waals surface area contributed by atoms with Crippen molar-refractivity contribution in [1.29, 1.82) is 0 Å². The average Bonchev–Trinajstić information content (AvgIpc) is 3.43. The molecular weight excluding hydrogens is 488 g/mol. The second kappa shape index (κ2) is 10.2. The summed E-state index contributed by atoms with van der Waals surface area (Å²) in [7, 11) is 2.94. The second-order valence-electron chi connectivity index (χ2n) is 8.66. The van der Waals surface area contributed by atoms with Crippen LogP contribution < -0.4 is 14.8 Å². The van der Waals surface area contributed by atoms with E-state index >= 15 is 0 Å². The third-order valence-corrected chi connectivity index (χ3v) is 6.38. The number of hydrogen-bond donors (Lipinski definition) is 1. The first-order chi connectivity index (χ1) is 18.4. The maximum Gasteiger partial charge on any atom is 0.261 e. The number of benzene rings is 3. The number of imide groups is 1. The number of nitrogens with zero attached hydrogens (tertiary/aromatic N) is 1. The SMILES string of the molecule is COc1ccc(OC)c(C(=O)c2oc3ccccc3c2NC(=O)CCCN2C(=O)c3ccccc3C2=O)c1. The molecule has 1 aliphatic heterocycles. The van der Waals surface area contributed by atoms with Crippen LogP contribution in [0.25, 0.3) is 11.0 Å². The fraction of sp³-hybridized carbons (Fsp3) is 0.172. The van der Waals surface area contributed by atoms with Crippen molar-refractivity contribution >= 4 is 40.2 Å². The predicted molar refractivity (Wildman–Crippen MR) is 139 cm³/mol. The molecule has 0 radical (unpaired) electrons. The molecule has 0 spiro atoms. The molecule has 192 valence electrons. The standard InChI is InChI=1S/C29H24N2O7/c1-36-17-13-14-22(37-2)21(16-17)26(33)27-25(20-10-5-6-11-23(20)38-27)30-24(32)12-7-15-31-28(34)18-8-3-4-9-19(18)29(31)35/h3-6,8-11,13-14,16H,7,12,15H2,1-2H3,(H,30,32). The van der Waals surface area contributed by atoms with Crippen LogP contribution in [0.3, 0.4) is 0 Å². The van der Waals surface area contributed by atoms with Gasteiger partial charge in [0, 0.05) is 18.4 Å². The zero-order chi connectivity index (χ0) is 26.8. The van der Waals surface area contributed by atoms with E-state index in [0.29, 0.717) is 33.6 Å². The molecule has 5 rings (SSSR count). The van der Waals surface area contributed by atoms with Crippen molar-refractivity contribution < 1.29 is 33.1 Å². The summed E-state index contributed by atoms with van der Waals surface area (Å²) in [5.74, 6) is -0.873. The summed E-state index contributed by atoms with van der Waals surface area (Å²) in [6.07, 6.45) is 0.267. The number of hydrogen-bond acceptors (Lipinski definition) is 7. The van der Waals surface area contributed by atoms with Gasteiger partial charge in [-0.15, -0.1) is 0 Å². The Morgan fingerprint density at radius 2 is 1.58 bits per heavy atom. The van der Waals surface area contributed by atoms with Crippen LogP contribution in [0, 0.1) is 0 Å². The van der Waals surface area contributed by atoms with Gasteiger partial charge < -0.3 is 19.2 Å². The molecule has 1 aliphatic rings. The minimum Gasteiger partial charge on any atom is -0.497 e. The number of furan rings is 1. The summed E-state index contributed by atoms with van der Waals surface area (Å²) in [5.41, 5.74) is 1.61. The summed E-state index contributed by atoms with van der Waals surface area (Å²) >= 11 is 0. The predicted octanol–water partition coefficient (Wildman–Crippen LogP) is 4.70. The molecule has 0 saturated heterocycles. The molecular formula is C29H24N2O7. The number of ether oxygens (including phenoxy) is 2. The van der Waals surface area contributed by atoms with Crippen LogP contribution >= 0.6 is 0 Å². The van der Waals surface area contributed by atoms with E-state index in [2.05, 4.69) is 5.32 Å². The number of anilines is 1. The maximum atomic E-state index is 13.6. The first-order valence-corrected chi connectivity index (χ1v) is 12.0. The minimum absolute atomic E-state index is 0.0169. The summed E-state index contributed by atoms with van der Waals surface area (Å²) in [5, 5.41) is 3.36. The monoisotopic (exact) mass is 512 g/mol. The Kier molecular flexibility index (Phi) is 6.66. The van der Waals surface area contributed by atoms with Crippen molar-refractivity contribution in [3.8, 4) is 11.5 Å². The highest BCUT2D eigenvalue weighted by molar-refractivity contribution is 6.21. The third-order valence-electron chi connectivity index (χ3n) is 6.38. The van der Waals surface area contributed by atoms with Gasteiger partial charge in [-0.1, -0.05) is 24.3 Å². The summed E-state index contributed by atoms with van der Waals surface area (Å²) in [6, 6.07) is 18.5. The number of ketones is 1. The van der Waals surface area contributed by atoms with Gasteiger partial charge in [-0.25, -0.2) is 0 Å². The van der Waals surface area contributed by atoms with Crippen molar-refractivity contribution in [3.63, 3.8) is 0 Å². The highest BCUT2D eigenvalue weighted by Crippen LogP contribution is 2.35. The number of carbonyl (C=O) groups excluding carboxylic acids is 4. The molecule has 38 heavy (non-hydrogen) atoms. The first-order valence-electron chi connectivity index (χ1n) is 12.0. The number of amides is 3. The summed E-state index contributed by atoms with van der Waals surface area (Å²) in [6.45, 7) is 0.0959. The molecule has 0 unspecified atom stereocenters. The summed E-state index contributed by atoms with van der Waals surface area (Å²) < 4.78 is 16.5. The molecule has 9 heteroatoms. The van der Waals surface area contributed by atoms with Crippen LogP contribution in [0.15, 0.2) is 71.1 Å². The number of rotatable bonds is 9. The van der Waals surface area contributed by atoms with Crippen molar-refractivity contribution in [3.05, 3.63) is 89.2 Å². The van der Waals surface area contributed by atoms with Gasteiger partial charge in [-0.3, -0.25) is 24.1 Å².